The average Bonchev–Trinajstić information content (AvgIpc) is 2.61. The van der Waals surface area contributed by atoms with Crippen molar-refractivity contribution in [3.05, 3.63) is 0 Å². The van der Waals surface area contributed by atoms with E-state index < -0.39 is 0 Å². The van der Waals surface area contributed by atoms with E-state index in [1.807, 2.05) is 4.90 Å². The lowest BCUT2D eigenvalue weighted by Crippen LogP contribution is -2.49. The number of nitrogens with zero attached hydrogens (tertiary/aromatic N) is 1. The van der Waals surface area contributed by atoms with Gasteiger partial charge in [-0.3, -0.25) is 9.59 Å². The van der Waals surface area contributed by atoms with E-state index in [4.69, 9.17) is 5.73 Å². The van der Waals surface area contributed by atoms with Crippen molar-refractivity contribution in [1.29, 1.82) is 0 Å². The summed E-state index contributed by atoms with van der Waals surface area (Å²) in [7, 11) is 0. The Bertz CT molecular complexity index is 400. The van der Waals surface area contributed by atoms with E-state index in [-0.39, 0.29) is 30.3 Å². The van der Waals surface area contributed by atoms with Crippen LogP contribution in [0.25, 0.3) is 0 Å². The second-order valence-electron chi connectivity index (χ2n) is 7.48. The van der Waals surface area contributed by atoms with Crippen LogP contribution in [0, 0.1) is 5.92 Å². The molecule has 1 saturated heterocycles. The number of piperidine rings is 1. The van der Waals surface area contributed by atoms with Crippen molar-refractivity contribution in [3.8, 4) is 0 Å². The van der Waals surface area contributed by atoms with Crippen LogP contribution >= 0.6 is 12.4 Å². The number of carbonyl (C=O) groups excluding carboxylic acids is 2. The van der Waals surface area contributed by atoms with Crippen LogP contribution in [0.3, 0.4) is 0 Å². The molecule has 6 heteroatoms. The van der Waals surface area contributed by atoms with E-state index in [1.54, 1.807) is 0 Å². The van der Waals surface area contributed by atoms with Crippen molar-refractivity contribution in [1.82, 2.24) is 10.2 Å². The quantitative estimate of drug-likeness (QED) is 0.686. The monoisotopic (exact) mass is 373 g/mol. The van der Waals surface area contributed by atoms with E-state index >= 15 is 0 Å². The molecule has 1 aliphatic carbocycles. The van der Waals surface area contributed by atoms with Gasteiger partial charge in [0, 0.05) is 38.5 Å². The van der Waals surface area contributed by atoms with E-state index in [2.05, 4.69) is 5.32 Å². The Morgan fingerprint density at radius 1 is 1.00 bits per heavy atom. The largest absolute Gasteiger partial charge is 0.354 e. The summed E-state index contributed by atoms with van der Waals surface area (Å²) >= 11 is 0. The second-order valence-corrected chi connectivity index (χ2v) is 7.48. The van der Waals surface area contributed by atoms with Gasteiger partial charge in [0.25, 0.3) is 0 Å². The molecule has 5 nitrogen and oxygen atoms in total. The lowest BCUT2D eigenvalue weighted by Gasteiger charge is -2.36. The molecule has 2 rings (SSSR count). The minimum atomic E-state index is -0.00669. The van der Waals surface area contributed by atoms with E-state index in [9.17, 15) is 9.59 Å². The smallest absolute Gasteiger partial charge is 0.222 e. The van der Waals surface area contributed by atoms with Crippen LogP contribution in [0.4, 0.5) is 0 Å². The van der Waals surface area contributed by atoms with Crippen molar-refractivity contribution in [3.63, 3.8) is 0 Å². The summed E-state index contributed by atoms with van der Waals surface area (Å²) in [5.74, 6) is 1.12. The number of nitrogens with two attached hydrogens (primary N) is 1. The summed E-state index contributed by atoms with van der Waals surface area (Å²) in [6.07, 6.45) is 13.3. The molecule has 1 unspecified atom stereocenters. The fraction of sp³-hybridized carbons (Fsp3) is 0.895. The number of hydrogen-bond donors (Lipinski definition) is 2. The molecule has 2 aliphatic rings. The Hall–Kier alpha value is -0.810. The first-order valence-electron chi connectivity index (χ1n) is 9.97. The third kappa shape index (κ3) is 7.95. The molecule has 2 amide bonds. The van der Waals surface area contributed by atoms with Gasteiger partial charge in [-0.25, -0.2) is 0 Å². The molecule has 0 spiro atoms. The zero-order chi connectivity index (χ0) is 17.2. The molecule has 146 valence electrons. The van der Waals surface area contributed by atoms with Gasteiger partial charge in [-0.15, -0.1) is 12.4 Å². The first-order valence-corrected chi connectivity index (χ1v) is 9.97. The maximum atomic E-state index is 12.6. The zero-order valence-electron chi connectivity index (χ0n) is 15.5. The van der Waals surface area contributed by atoms with Crippen LogP contribution in [0.1, 0.15) is 77.0 Å². The van der Waals surface area contributed by atoms with Gasteiger partial charge in [0.05, 0.1) is 0 Å². The lowest BCUT2D eigenvalue weighted by molar-refractivity contribution is -0.135. The zero-order valence-corrected chi connectivity index (χ0v) is 16.3. The highest BCUT2D eigenvalue weighted by Gasteiger charge is 2.26. The maximum Gasteiger partial charge on any atom is 0.222 e. The third-order valence-corrected chi connectivity index (χ3v) is 5.58. The van der Waals surface area contributed by atoms with Gasteiger partial charge in [0.2, 0.25) is 11.8 Å². The van der Waals surface area contributed by atoms with Gasteiger partial charge in [-0.2, -0.15) is 0 Å². The van der Waals surface area contributed by atoms with Crippen molar-refractivity contribution < 1.29 is 9.59 Å². The SMILES string of the molecule is Cl.NCCC(=O)NCC1CCCCN1C(=O)CCCC1CCCCC1. The number of rotatable bonds is 8. The summed E-state index contributed by atoms with van der Waals surface area (Å²) < 4.78 is 0. The molecule has 3 N–H and O–H groups in total. The molecule has 1 heterocycles. The Balaban J connectivity index is 0.00000312. The molecular formula is C19H36ClN3O2. The number of carbonyl (C=O) groups is 2. The Morgan fingerprint density at radius 3 is 2.44 bits per heavy atom. The molecular weight excluding hydrogens is 338 g/mol. The maximum absolute atomic E-state index is 12.6. The van der Waals surface area contributed by atoms with E-state index in [1.165, 1.54) is 38.5 Å². The fourth-order valence-corrected chi connectivity index (χ4v) is 4.15. The standard InChI is InChI=1S/C19H35N3O2.ClH/c20-13-12-18(23)21-15-17-10-4-5-14-22(17)19(24)11-6-9-16-7-2-1-3-8-16;/h16-17H,1-15,20H2,(H,21,23);1H. The summed E-state index contributed by atoms with van der Waals surface area (Å²) in [5.41, 5.74) is 5.40. The fourth-order valence-electron chi connectivity index (χ4n) is 4.15. The predicted molar refractivity (Wildman–Crippen MR) is 104 cm³/mol. The van der Waals surface area contributed by atoms with Gasteiger partial charge >= 0.3 is 0 Å². The van der Waals surface area contributed by atoms with Crippen molar-refractivity contribution in [2.75, 3.05) is 19.6 Å². The number of nitrogens with one attached hydrogen (secondary N) is 1. The van der Waals surface area contributed by atoms with Gasteiger partial charge in [-0.05, 0) is 38.0 Å². The molecule has 0 bridgehead atoms. The van der Waals surface area contributed by atoms with Crippen LogP contribution in [0.15, 0.2) is 0 Å². The number of hydrogen-bond acceptors (Lipinski definition) is 3. The molecule has 1 aliphatic heterocycles. The van der Waals surface area contributed by atoms with Crippen molar-refractivity contribution in [2.24, 2.45) is 11.7 Å². The van der Waals surface area contributed by atoms with Crippen LogP contribution < -0.4 is 11.1 Å². The molecule has 0 radical (unpaired) electrons. The third-order valence-electron chi connectivity index (χ3n) is 5.58. The molecule has 0 aromatic carbocycles. The number of amides is 2. The summed E-state index contributed by atoms with van der Waals surface area (Å²) in [6.45, 7) is 1.80. The van der Waals surface area contributed by atoms with E-state index in [0.717, 1.165) is 38.1 Å². The average molecular weight is 374 g/mol. The first kappa shape index (κ1) is 22.2. The predicted octanol–water partition coefficient (Wildman–Crippen LogP) is 3.00. The number of halogens is 1. The minimum Gasteiger partial charge on any atom is -0.354 e. The Morgan fingerprint density at radius 2 is 1.72 bits per heavy atom. The van der Waals surface area contributed by atoms with Crippen LogP contribution in [0.5, 0.6) is 0 Å². The second kappa shape index (κ2) is 12.5. The molecule has 1 atom stereocenters. The van der Waals surface area contributed by atoms with E-state index in [0.29, 0.717) is 25.9 Å². The topological polar surface area (TPSA) is 75.4 Å². The summed E-state index contributed by atoms with van der Waals surface area (Å²) in [5, 5.41) is 2.93. The summed E-state index contributed by atoms with van der Waals surface area (Å²) in [4.78, 5) is 26.2. The number of likely N-dealkylation sites (tertiary alicyclic amines) is 1. The van der Waals surface area contributed by atoms with Crippen molar-refractivity contribution in [2.45, 2.75) is 83.1 Å². The molecule has 1 saturated carbocycles. The highest BCUT2D eigenvalue weighted by Crippen LogP contribution is 2.28. The highest BCUT2D eigenvalue weighted by molar-refractivity contribution is 5.85. The van der Waals surface area contributed by atoms with Crippen LogP contribution in [-0.2, 0) is 9.59 Å². The Kier molecular flexibility index (Phi) is 11.1. The van der Waals surface area contributed by atoms with Gasteiger partial charge in [0.15, 0.2) is 0 Å². The highest BCUT2D eigenvalue weighted by atomic mass is 35.5. The molecule has 25 heavy (non-hydrogen) atoms. The lowest BCUT2D eigenvalue weighted by atomic mass is 9.85. The minimum absolute atomic E-state index is 0. The molecule has 0 aromatic rings. The molecule has 2 fully saturated rings. The normalized spacial score (nSPS) is 21.5. The van der Waals surface area contributed by atoms with Gasteiger partial charge < -0.3 is 16.0 Å². The summed E-state index contributed by atoms with van der Waals surface area (Å²) in [6, 6.07) is 0.169. The molecule has 0 aromatic heterocycles. The van der Waals surface area contributed by atoms with Gasteiger partial charge in [0.1, 0.15) is 0 Å². The Labute approximate surface area is 158 Å². The van der Waals surface area contributed by atoms with Crippen LogP contribution in [-0.4, -0.2) is 42.4 Å². The first-order chi connectivity index (χ1) is 11.7. The van der Waals surface area contributed by atoms with Crippen LogP contribution in [0.2, 0.25) is 0 Å². The van der Waals surface area contributed by atoms with Gasteiger partial charge in [-0.1, -0.05) is 32.1 Å². The van der Waals surface area contributed by atoms with Crippen molar-refractivity contribution >= 4 is 24.2 Å².